The predicted octanol–water partition coefficient (Wildman–Crippen LogP) is 9.69. The predicted molar refractivity (Wildman–Crippen MR) is 144 cm³/mol. The average molecular weight is 610 g/mol. The first-order chi connectivity index (χ1) is 13.2. The molecule has 0 bridgehead atoms. The number of rotatable bonds is 14. The lowest BCUT2D eigenvalue weighted by Crippen LogP contribution is -2.03. The van der Waals surface area contributed by atoms with Gasteiger partial charge in [0.2, 0.25) is 0 Å². The second-order valence-electron chi connectivity index (χ2n) is 9.97. The summed E-state index contributed by atoms with van der Waals surface area (Å²) in [6.45, 7) is 14.2. The van der Waals surface area contributed by atoms with Gasteiger partial charge in [0.15, 0.2) is 0 Å². The topological polar surface area (TPSA) is 0 Å². The van der Waals surface area contributed by atoms with E-state index in [0.29, 0.717) is 0 Å². The van der Waals surface area contributed by atoms with Crippen LogP contribution in [0.3, 0.4) is 0 Å². The van der Waals surface area contributed by atoms with E-state index < -0.39 is 0 Å². The maximum absolute atomic E-state index is 2.57. The van der Waals surface area contributed by atoms with Crippen LogP contribution in [0.2, 0.25) is 0 Å². The van der Waals surface area contributed by atoms with Crippen molar-refractivity contribution in [3.63, 3.8) is 0 Å². The zero-order chi connectivity index (χ0) is 21.1. The summed E-state index contributed by atoms with van der Waals surface area (Å²) in [7, 11) is 0. The molecule has 0 fully saturated rings. The quantitative estimate of drug-likeness (QED) is 0.184. The SMILES string of the molecule is CC(C)CCC[C@H](C)CCc1cc(I)c(CC[C@@H](C)CCCC(C)C)cc1I. The summed E-state index contributed by atoms with van der Waals surface area (Å²) in [6, 6.07) is 4.95. The Morgan fingerprint density at radius 1 is 0.571 bits per heavy atom. The molecule has 0 aliphatic carbocycles. The van der Waals surface area contributed by atoms with Gasteiger partial charge in [-0.15, -0.1) is 0 Å². The van der Waals surface area contributed by atoms with E-state index in [9.17, 15) is 0 Å². The van der Waals surface area contributed by atoms with Gasteiger partial charge in [0.25, 0.3) is 0 Å². The minimum absolute atomic E-state index is 0.846. The molecule has 0 radical (unpaired) electrons. The molecule has 0 unspecified atom stereocenters. The maximum Gasteiger partial charge on any atom is 0.0165 e. The fraction of sp³-hybridized carbons (Fsp3) is 0.769. The van der Waals surface area contributed by atoms with E-state index in [-0.39, 0.29) is 0 Å². The van der Waals surface area contributed by atoms with Gasteiger partial charge in [0.1, 0.15) is 0 Å². The van der Waals surface area contributed by atoms with Crippen molar-refractivity contribution in [2.24, 2.45) is 23.7 Å². The van der Waals surface area contributed by atoms with Crippen molar-refractivity contribution in [1.82, 2.24) is 0 Å². The smallest absolute Gasteiger partial charge is 0.0165 e. The summed E-state index contributed by atoms with van der Waals surface area (Å²) >= 11 is 5.14. The lowest BCUT2D eigenvalue weighted by atomic mass is 9.92. The fourth-order valence-corrected chi connectivity index (χ4v) is 5.46. The van der Waals surface area contributed by atoms with E-state index in [0.717, 1.165) is 23.7 Å². The van der Waals surface area contributed by atoms with Crippen molar-refractivity contribution in [1.29, 1.82) is 0 Å². The Labute approximate surface area is 203 Å². The molecule has 0 N–H and O–H groups in total. The Bertz CT molecular complexity index is 498. The Morgan fingerprint density at radius 3 is 1.25 bits per heavy atom. The minimum atomic E-state index is 0.846. The fourth-order valence-electron chi connectivity index (χ4n) is 3.85. The van der Waals surface area contributed by atoms with Crippen LogP contribution in [0.5, 0.6) is 0 Å². The summed E-state index contributed by atoms with van der Waals surface area (Å²) in [6.07, 6.45) is 13.5. The molecule has 0 saturated heterocycles. The molecule has 0 heterocycles. The van der Waals surface area contributed by atoms with Crippen LogP contribution in [-0.4, -0.2) is 0 Å². The van der Waals surface area contributed by atoms with Gasteiger partial charge in [-0.1, -0.05) is 80.1 Å². The average Bonchev–Trinajstić information content (AvgIpc) is 2.60. The molecule has 1 aromatic rings. The van der Waals surface area contributed by atoms with Gasteiger partial charge in [0, 0.05) is 7.14 Å². The molecule has 1 rings (SSSR count). The van der Waals surface area contributed by atoms with Crippen molar-refractivity contribution in [2.45, 2.75) is 106 Å². The van der Waals surface area contributed by atoms with Crippen LogP contribution in [-0.2, 0) is 12.8 Å². The van der Waals surface area contributed by atoms with E-state index in [1.807, 2.05) is 0 Å². The van der Waals surface area contributed by atoms with Gasteiger partial charge >= 0.3 is 0 Å². The van der Waals surface area contributed by atoms with Crippen LogP contribution in [0.4, 0.5) is 0 Å². The molecule has 2 atom stereocenters. The summed E-state index contributed by atoms with van der Waals surface area (Å²) in [4.78, 5) is 0. The van der Waals surface area contributed by atoms with Gasteiger partial charge in [-0.3, -0.25) is 0 Å². The van der Waals surface area contributed by atoms with Crippen molar-refractivity contribution in [3.05, 3.63) is 30.4 Å². The molecule has 162 valence electrons. The summed E-state index contributed by atoms with van der Waals surface area (Å²) in [5.41, 5.74) is 3.13. The number of hydrogen-bond acceptors (Lipinski definition) is 0. The van der Waals surface area contributed by atoms with E-state index in [4.69, 9.17) is 0 Å². The molecule has 0 aliphatic heterocycles. The molecule has 28 heavy (non-hydrogen) atoms. The van der Waals surface area contributed by atoms with Crippen LogP contribution < -0.4 is 0 Å². The molecule has 2 heteroatoms. The van der Waals surface area contributed by atoms with E-state index >= 15 is 0 Å². The molecule has 0 saturated carbocycles. The molecule has 0 aromatic heterocycles. The first-order valence-electron chi connectivity index (χ1n) is 11.7. The van der Waals surface area contributed by atoms with E-state index in [2.05, 4.69) is 98.9 Å². The number of hydrogen-bond donors (Lipinski definition) is 0. The normalized spacial score (nSPS) is 14.1. The van der Waals surface area contributed by atoms with Crippen molar-refractivity contribution < 1.29 is 0 Å². The van der Waals surface area contributed by atoms with Crippen molar-refractivity contribution in [3.8, 4) is 0 Å². The van der Waals surface area contributed by atoms with Crippen LogP contribution in [0, 0.1) is 30.8 Å². The molecule has 1 aromatic carbocycles. The standard InChI is InChI=1S/C26H44I2/c1-19(2)9-7-11-21(5)13-15-23-17-26(28)24(18-25(23)27)16-14-22(6)12-8-10-20(3)4/h17-22H,7-16H2,1-6H3/t21-,22-/m0/s1. The van der Waals surface area contributed by atoms with Gasteiger partial charge in [-0.25, -0.2) is 0 Å². The molecule has 0 aliphatic rings. The zero-order valence-corrected chi connectivity index (χ0v) is 23.6. The second kappa shape index (κ2) is 14.6. The van der Waals surface area contributed by atoms with E-state index in [1.54, 1.807) is 11.1 Å². The number of benzene rings is 1. The number of aryl methyl sites for hydroxylation is 2. The van der Waals surface area contributed by atoms with Crippen LogP contribution in [0.15, 0.2) is 12.1 Å². The Hall–Kier alpha value is 0.680. The largest absolute Gasteiger partial charge is 0.0628 e. The zero-order valence-electron chi connectivity index (χ0n) is 19.3. The van der Waals surface area contributed by atoms with Gasteiger partial charge < -0.3 is 0 Å². The summed E-state index contributed by atoms with van der Waals surface area (Å²) in [5, 5.41) is 0. The molecule has 0 amide bonds. The lowest BCUT2D eigenvalue weighted by Gasteiger charge is -2.16. The monoisotopic (exact) mass is 610 g/mol. The molecular weight excluding hydrogens is 566 g/mol. The third-order valence-electron chi connectivity index (χ3n) is 5.99. The van der Waals surface area contributed by atoms with Gasteiger partial charge in [-0.05, 0) is 118 Å². The lowest BCUT2D eigenvalue weighted by molar-refractivity contribution is 0.435. The third kappa shape index (κ3) is 11.8. The first-order valence-corrected chi connectivity index (χ1v) is 13.8. The van der Waals surface area contributed by atoms with E-state index in [1.165, 1.54) is 71.3 Å². The highest BCUT2D eigenvalue weighted by Crippen LogP contribution is 2.26. The van der Waals surface area contributed by atoms with Gasteiger partial charge in [0.05, 0.1) is 0 Å². The summed E-state index contributed by atoms with van der Waals surface area (Å²) < 4.78 is 2.96. The first kappa shape index (κ1) is 26.7. The van der Waals surface area contributed by atoms with Crippen LogP contribution in [0.25, 0.3) is 0 Å². The van der Waals surface area contributed by atoms with Crippen molar-refractivity contribution in [2.75, 3.05) is 0 Å². The van der Waals surface area contributed by atoms with Crippen molar-refractivity contribution >= 4 is 45.2 Å². The van der Waals surface area contributed by atoms with Gasteiger partial charge in [-0.2, -0.15) is 0 Å². The molecule has 0 nitrogen and oxygen atoms in total. The Balaban J connectivity index is 2.46. The highest BCUT2D eigenvalue weighted by molar-refractivity contribution is 14.1. The Morgan fingerprint density at radius 2 is 0.929 bits per heavy atom. The minimum Gasteiger partial charge on any atom is -0.0628 e. The van der Waals surface area contributed by atoms with Crippen LogP contribution in [0.1, 0.15) is 104 Å². The third-order valence-corrected chi connectivity index (χ3v) is 7.99. The number of halogens is 2. The summed E-state index contributed by atoms with van der Waals surface area (Å²) in [5.74, 6) is 3.39. The second-order valence-corrected chi connectivity index (χ2v) is 12.3. The highest BCUT2D eigenvalue weighted by Gasteiger charge is 2.11. The van der Waals surface area contributed by atoms with Crippen LogP contribution >= 0.6 is 45.2 Å². The molecular formula is C26H44I2. The molecule has 0 spiro atoms. The Kier molecular flexibility index (Phi) is 14.0. The maximum atomic E-state index is 2.57. The highest BCUT2D eigenvalue weighted by atomic mass is 127.